The van der Waals surface area contributed by atoms with Crippen molar-refractivity contribution >= 4 is 39.7 Å². The molecule has 0 unspecified atom stereocenters. The van der Waals surface area contributed by atoms with Gasteiger partial charge >= 0.3 is 5.97 Å². The smallest absolute Gasteiger partial charge is 0.343 e. The Labute approximate surface area is 202 Å². The minimum atomic E-state index is -0.696. The Morgan fingerprint density at radius 3 is 2.50 bits per heavy atom. The topological polar surface area (TPSA) is 129 Å². The number of nitro groups is 1. The Bertz CT molecular complexity index is 1230. The number of hydrogen-bond acceptors (Lipinski definition) is 8. The molecule has 0 fully saturated rings. The molecule has 0 atom stereocenters. The minimum absolute atomic E-state index is 0.136. The van der Waals surface area contributed by atoms with Crippen molar-refractivity contribution in [1.82, 2.24) is 5.43 Å². The standard InChI is InChI=1S/C23H18BrN3O7/c1-32-18-10-11-21(19(24)12-18)33-14-22(28)26-25-13-16-4-2-3-5-20(16)34-23(29)15-6-8-17(9-7-15)27(30)31/h2-13H,14H2,1H3,(H,26,28)/b25-13-. The number of nitrogens with one attached hydrogen (secondary N) is 1. The molecule has 0 bridgehead atoms. The summed E-state index contributed by atoms with van der Waals surface area (Å²) in [5, 5.41) is 14.6. The van der Waals surface area contributed by atoms with Gasteiger partial charge in [-0.05, 0) is 58.4 Å². The predicted molar refractivity (Wildman–Crippen MR) is 126 cm³/mol. The molecule has 0 saturated carbocycles. The van der Waals surface area contributed by atoms with Gasteiger partial charge in [0.25, 0.3) is 11.6 Å². The highest BCUT2D eigenvalue weighted by Crippen LogP contribution is 2.29. The average molecular weight is 528 g/mol. The molecule has 3 aromatic rings. The Balaban J connectivity index is 1.57. The maximum absolute atomic E-state index is 12.4. The van der Waals surface area contributed by atoms with Gasteiger partial charge in [-0.2, -0.15) is 5.10 Å². The van der Waals surface area contributed by atoms with Crippen LogP contribution in [0.1, 0.15) is 15.9 Å². The maximum Gasteiger partial charge on any atom is 0.343 e. The normalized spacial score (nSPS) is 10.5. The molecule has 10 nitrogen and oxygen atoms in total. The lowest BCUT2D eigenvalue weighted by atomic mass is 10.2. The first-order valence-electron chi connectivity index (χ1n) is 9.71. The van der Waals surface area contributed by atoms with Crippen molar-refractivity contribution in [2.45, 2.75) is 0 Å². The van der Waals surface area contributed by atoms with E-state index in [1.54, 1.807) is 49.6 Å². The van der Waals surface area contributed by atoms with Crippen molar-refractivity contribution in [2.24, 2.45) is 5.10 Å². The van der Waals surface area contributed by atoms with Gasteiger partial charge in [0.05, 0.1) is 28.3 Å². The molecule has 1 N–H and O–H groups in total. The van der Waals surface area contributed by atoms with Crippen molar-refractivity contribution in [2.75, 3.05) is 13.7 Å². The van der Waals surface area contributed by atoms with Crippen LogP contribution in [0.3, 0.4) is 0 Å². The number of para-hydroxylation sites is 1. The fourth-order valence-electron chi connectivity index (χ4n) is 2.63. The number of nitrogens with zero attached hydrogens (tertiary/aromatic N) is 2. The molecular formula is C23H18BrN3O7. The third-order valence-corrected chi connectivity index (χ3v) is 4.95. The number of hydrazone groups is 1. The summed E-state index contributed by atoms with van der Waals surface area (Å²) in [7, 11) is 1.54. The van der Waals surface area contributed by atoms with E-state index < -0.39 is 16.8 Å². The second-order valence-corrected chi connectivity index (χ2v) is 7.46. The van der Waals surface area contributed by atoms with Crippen LogP contribution >= 0.6 is 15.9 Å². The molecule has 11 heteroatoms. The van der Waals surface area contributed by atoms with Crippen LogP contribution in [0.25, 0.3) is 0 Å². The summed E-state index contributed by atoms with van der Waals surface area (Å²) in [5.74, 6) is 0.101. The number of esters is 1. The third kappa shape index (κ3) is 6.62. The summed E-state index contributed by atoms with van der Waals surface area (Å²) >= 11 is 3.34. The number of non-ortho nitro benzene ring substituents is 1. The maximum atomic E-state index is 12.4. The van der Waals surface area contributed by atoms with Gasteiger partial charge in [0.2, 0.25) is 0 Å². The first kappa shape index (κ1) is 24.4. The molecule has 0 heterocycles. The lowest BCUT2D eigenvalue weighted by Crippen LogP contribution is -2.24. The van der Waals surface area contributed by atoms with Gasteiger partial charge in [0, 0.05) is 17.7 Å². The van der Waals surface area contributed by atoms with Gasteiger partial charge in [-0.3, -0.25) is 14.9 Å². The number of amides is 1. The second kappa shape index (κ2) is 11.6. The van der Waals surface area contributed by atoms with Gasteiger partial charge in [-0.25, -0.2) is 10.2 Å². The van der Waals surface area contributed by atoms with Crippen LogP contribution in [-0.4, -0.2) is 36.7 Å². The van der Waals surface area contributed by atoms with Crippen molar-refractivity contribution in [1.29, 1.82) is 0 Å². The van der Waals surface area contributed by atoms with Crippen LogP contribution in [0.15, 0.2) is 76.3 Å². The molecule has 0 spiro atoms. The lowest BCUT2D eigenvalue weighted by Gasteiger charge is -2.09. The number of hydrogen-bond donors (Lipinski definition) is 1. The van der Waals surface area contributed by atoms with Crippen LogP contribution in [-0.2, 0) is 4.79 Å². The van der Waals surface area contributed by atoms with Gasteiger partial charge in [-0.1, -0.05) is 12.1 Å². The van der Waals surface area contributed by atoms with Gasteiger partial charge in [0.15, 0.2) is 6.61 Å². The second-order valence-electron chi connectivity index (χ2n) is 6.61. The molecule has 0 aromatic heterocycles. The summed E-state index contributed by atoms with van der Waals surface area (Å²) in [6.07, 6.45) is 1.32. The zero-order valence-corrected chi connectivity index (χ0v) is 19.4. The molecule has 174 valence electrons. The Hall–Kier alpha value is -4.25. The monoisotopic (exact) mass is 527 g/mol. The van der Waals surface area contributed by atoms with Crippen LogP contribution < -0.4 is 19.6 Å². The van der Waals surface area contributed by atoms with Crippen LogP contribution in [0.2, 0.25) is 0 Å². The van der Waals surface area contributed by atoms with Gasteiger partial charge in [0.1, 0.15) is 17.2 Å². The quantitative estimate of drug-likeness (QED) is 0.145. The zero-order chi connectivity index (χ0) is 24.5. The van der Waals surface area contributed by atoms with Crippen molar-refractivity contribution in [3.63, 3.8) is 0 Å². The minimum Gasteiger partial charge on any atom is -0.497 e. The van der Waals surface area contributed by atoms with Crippen LogP contribution in [0.4, 0.5) is 5.69 Å². The highest BCUT2D eigenvalue weighted by atomic mass is 79.9. The molecule has 3 aromatic carbocycles. The number of benzene rings is 3. The number of methoxy groups -OCH3 is 1. The molecule has 0 aliphatic carbocycles. The predicted octanol–water partition coefficient (Wildman–Crippen LogP) is 4.11. The van der Waals surface area contributed by atoms with E-state index in [4.69, 9.17) is 14.2 Å². The number of halogens is 1. The fraction of sp³-hybridized carbons (Fsp3) is 0.0870. The number of nitro benzene ring substituents is 1. The summed E-state index contributed by atoms with van der Waals surface area (Å²) in [5.41, 5.74) is 2.77. The van der Waals surface area contributed by atoms with Gasteiger partial charge < -0.3 is 14.2 Å². The summed E-state index contributed by atoms with van der Waals surface area (Å²) in [4.78, 5) is 34.6. The number of ether oxygens (including phenoxy) is 3. The van der Waals surface area contributed by atoms with E-state index in [1.807, 2.05) is 0 Å². The van der Waals surface area contributed by atoms with E-state index in [1.165, 1.54) is 30.5 Å². The van der Waals surface area contributed by atoms with E-state index in [9.17, 15) is 19.7 Å². The number of carbonyl (C=O) groups is 2. The largest absolute Gasteiger partial charge is 0.497 e. The van der Waals surface area contributed by atoms with Crippen LogP contribution in [0.5, 0.6) is 17.2 Å². The highest BCUT2D eigenvalue weighted by Gasteiger charge is 2.13. The molecule has 0 radical (unpaired) electrons. The van der Waals surface area contributed by atoms with E-state index >= 15 is 0 Å². The SMILES string of the molecule is COc1ccc(OCC(=O)N/N=C\c2ccccc2OC(=O)c2ccc([N+](=O)[O-])cc2)c(Br)c1. The molecular weight excluding hydrogens is 510 g/mol. The van der Waals surface area contributed by atoms with E-state index in [2.05, 4.69) is 26.5 Å². The van der Waals surface area contributed by atoms with Crippen molar-refractivity contribution in [3.05, 3.63) is 92.4 Å². The molecule has 3 rings (SSSR count). The summed E-state index contributed by atoms with van der Waals surface area (Å²) < 4.78 is 16.6. The van der Waals surface area contributed by atoms with Crippen molar-refractivity contribution < 1.29 is 28.7 Å². The molecule has 34 heavy (non-hydrogen) atoms. The zero-order valence-electron chi connectivity index (χ0n) is 17.8. The summed E-state index contributed by atoms with van der Waals surface area (Å²) in [6.45, 7) is -0.279. The van der Waals surface area contributed by atoms with E-state index in [-0.39, 0.29) is 23.6 Å². The van der Waals surface area contributed by atoms with E-state index in [0.717, 1.165) is 0 Å². The van der Waals surface area contributed by atoms with Gasteiger partial charge in [-0.15, -0.1) is 0 Å². The molecule has 0 saturated heterocycles. The van der Waals surface area contributed by atoms with Crippen molar-refractivity contribution in [3.8, 4) is 17.2 Å². The first-order chi connectivity index (χ1) is 16.4. The molecule has 0 aliphatic heterocycles. The number of rotatable bonds is 9. The third-order valence-electron chi connectivity index (χ3n) is 4.33. The molecule has 0 aliphatic rings. The number of carbonyl (C=O) groups excluding carboxylic acids is 2. The van der Waals surface area contributed by atoms with Crippen LogP contribution in [0, 0.1) is 10.1 Å². The first-order valence-corrected chi connectivity index (χ1v) is 10.5. The van der Waals surface area contributed by atoms with E-state index in [0.29, 0.717) is 21.5 Å². The molecule has 1 amide bonds. The fourth-order valence-corrected chi connectivity index (χ4v) is 3.11. The Kier molecular flexibility index (Phi) is 8.30. The Morgan fingerprint density at radius 2 is 1.82 bits per heavy atom. The summed E-state index contributed by atoms with van der Waals surface area (Å²) in [6, 6.07) is 16.7. The average Bonchev–Trinajstić information content (AvgIpc) is 2.84. The Morgan fingerprint density at radius 1 is 1.09 bits per heavy atom. The lowest BCUT2D eigenvalue weighted by molar-refractivity contribution is -0.384. The highest BCUT2D eigenvalue weighted by molar-refractivity contribution is 9.10.